The first-order valence-electron chi connectivity index (χ1n) is 7.13. The van der Waals surface area contributed by atoms with Crippen LogP contribution in [0.5, 0.6) is 0 Å². The predicted molar refractivity (Wildman–Crippen MR) is 79.8 cm³/mol. The van der Waals surface area contributed by atoms with Crippen molar-refractivity contribution < 1.29 is 17.9 Å². The highest BCUT2D eigenvalue weighted by molar-refractivity contribution is 5.60. The third-order valence-electron chi connectivity index (χ3n) is 3.45. The smallest absolute Gasteiger partial charge is 0.378 e. The maximum atomic E-state index is 13.0. The van der Waals surface area contributed by atoms with E-state index in [-0.39, 0.29) is 11.6 Å². The molecule has 5 nitrogen and oxygen atoms in total. The number of ether oxygens (including phenoxy) is 1. The van der Waals surface area contributed by atoms with E-state index >= 15 is 0 Å². The zero-order valence-corrected chi connectivity index (χ0v) is 12.2. The number of benzene rings is 1. The van der Waals surface area contributed by atoms with Gasteiger partial charge in [-0.3, -0.25) is 0 Å². The van der Waals surface area contributed by atoms with Crippen LogP contribution in [0.2, 0.25) is 0 Å². The average Bonchev–Trinajstić information content (AvgIpc) is 2.55. The molecule has 23 heavy (non-hydrogen) atoms. The van der Waals surface area contributed by atoms with E-state index in [1.54, 1.807) is 6.07 Å². The van der Waals surface area contributed by atoms with Crippen LogP contribution in [-0.4, -0.2) is 36.3 Å². The summed E-state index contributed by atoms with van der Waals surface area (Å²) >= 11 is 0. The third-order valence-corrected chi connectivity index (χ3v) is 3.45. The van der Waals surface area contributed by atoms with Gasteiger partial charge in [-0.25, -0.2) is 4.98 Å². The molecule has 0 bridgehead atoms. The molecule has 2 heterocycles. The lowest BCUT2D eigenvalue weighted by molar-refractivity contribution is -0.136. The van der Waals surface area contributed by atoms with Crippen LogP contribution in [-0.2, 0) is 10.9 Å². The Labute approximate surface area is 131 Å². The second-order valence-corrected chi connectivity index (χ2v) is 5.01. The van der Waals surface area contributed by atoms with E-state index in [9.17, 15) is 13.2 Å². The number of nitrogens with zero attached hydrogens (tertiary/aromatic N) is 3. The number of nitrogens with one attached hydrogen (secondary N) is 1. The maximum absolute atomic E-state index is 13.0. The van der Waals surface area contributed by atoms with Crippen LogP contribution in [0.25, 0.3) is 0 Å². The van der Waals surface area contributed by atoms with Gasteiger partial charge in [0, 0.05) is 19.3 Å². The molecule has 8 heteroatoms. The number of alkyl halides is 3. The zero-order chi connectivity index (χ0) is 16.3. The van der Waals surface area contributed by atoms with E-state index in [1.807, 2.05) is 4.90 Å². The normalized spacial score (nSPS) is 15.5. The second-order valence-electron chi connectivity index (χ2n) is 5.01. The number of anilines is 3. The molecule has 2 aromatic rings. The summed E-state index contributed by atoms with van der Waals surface area (Å²) < 4.78 is 44.3. The van der Waals surface area contributed by atoms with E-state index in [1.165, 1.54) is 24.4 Å². The number of morpholine rings is 1. The average molecular weight is 324 g/mol. The third kappa shape index (κ3) is 3.70. The molecule has 0 spiro atoms. The highest BCUT2D eigenvalue weighted by Gasteiger charge is 2.33. The minimum Gasteiger partial charge on any atom is -0.378 e. The van der Waals surface area contributed by atoms with Crippen LogP contribution in [0.3, 0.4) is 0 Å². The SMILES string of the molecule is FC(F)(F)c1ccccc1Nc1nccc(N2CCOCC2)n1. The summed E-state index contributed by atoms with van der Waals surface area (Å²) in [7, 11) is 0. The molecule has 1 aliphatic rings. The van der Waals surface area contributed by atoms with Gasteiger partial charge in [-0.2, -0.15) is 18.2 Å². The molecule has 1 aliphatic heterocycles. The quantitative estimate of drug-likeness (QED) is 0.940. The van der Waals surface area contributed by atoms with Gasteiger partial charge in [0.15, 0.2) is 0 Å². The summed E-state index contributed by atoms with van der Waals surface area (Å²) in [5.74, 6) is 0.793. The molecule has 0 aliphatic carbocycles. The molecule has 1 saturated heterocycles. The standard InChI is InChI=1S/C15H15F3N4O/c16-15(17,18)11-3-1-2-4-12(11)20-14-19-6-5-13(21-14)22-7-9-23-10-8-22/h1-6H,7-10H2,(H,19,20,21). The Morgan fingerprint density at radius 3 is 2.57 bits per heavy atom. The van der Waals surface area contributed by atoms with Crippen LogP contribution in [0.15, 0.2) is 36.5 Å². The molecule has 0 unspecified atom stereocenters. The molecule has 0 atom stereocenters. The van der Waals surface area contributed by atoms with E-state index < -0.39 is 11.7 Å². The first kappa shape index (κ1) is 15.5. The number of rotatable bonds is 3. The summed E-state index contributed by atoms with van der Waals surface area (Å²) in [5.41, 5.74) is -0.820. The first-order chi connectivity index (χ1) is 11.0. The summed E-state index contributed by atoms with van der Waals surface area (Å²) in [6, 6.07) is 6.98. The van der Waals surface area contributed by atoms with E-state index in [0.717, 1.165) is 6.07 Å². The van der Waals surface area contributed by atoms with Gasteiger partial charge in [0.2, 0.25) is 5.95 Å². The minimum absolute atomic E-state index is 0.0703. The van der Waals surface area contributed by atoms with Crippen LogP contribution in [0.4, 0.5) is 30.6 Å². The number of para-hydroxylation sites is 1. The number of hydrogen-bond donors (Lipinski definition) is 1. The van der Waals surface area contributed by atoms with E-state index in [4.69, 9.17) is 4.74 Å². The van der Waals surface area contributed by atoms with E-state index in [0.29, 0.717) is 32.1 Å². The molecule has 1 N–H and O–H groups in total. The van der Waals surface area contributed by atoms with Crippen molar-refractivity contribution in [3.8, 4) is 0 Å². The Morgan fingerprint density at radius 2 is 1.83 bits per heavy atom. The minimum atomic E-state index is -4.44. The fraction of sp³-hybridized carbons (Fsp3) is 0.333. The monoisotopic (exact) mass is 324 g/mol. The maximum Gasteiger partial charge on any atom is 0.418 e. The van der Waals surface area contributed by atoms with Gasteiger partial charge >= 0.3 is 6.18 Å². The molecule has 1 aromatic carbocycles. The van der Waals surface area contributed by atoms with Gasteiger partial charge in [-0.15, -0.1) is 0 Å². The summed E-state index contributed by atoms with van der Waals surface area (Å²) in [6.07, 6.45) is -2.91. The highest BCUT2D eigenvalue weighted by atomic mass is 19.4. The highest BCUT2D eigenvalue weighted by Crippen LogP contribution is 2.35. The van der Waals surface area contributed by atoms with Crippen molar-refractivity contribution in [2.45, 2.75) is 6.18 Å². The van der Waals surface area contributed by atoms with Gasteiger partial charge in [0.25, 0.3) is 0 Å². The zero-order valence-electron chi connectivity index (χ0n) is 12.2. The van der Waals surface area contributed by atoms with Crippen molar-refractivity contribution in [1.82, 2.24) is 9.97 Å². The largest absolute Gasteiger partial charge is 0.418 e. The second kappa shape index (κ2) is 6.41. The number of halogens is 3. The topological polar surface area (TPSA) is 50.3 Å². The van der Waals surface area contributed by atoms with Crippen molar-refractivity contribution in [2.24, 2.45) is 0 Å². The molecular weight excluding hydrogens is 309 g/mol. The lowest BCUT2D eigenvalue weighted by atomic mass is 10.1. The molecule has 0 amide bonds. The van der Waals surface area contributed by atoms with Crippen LogP contribution >= 0.6 is 0 Å². The molecular formula is C15H15F3N4O. The fourth-order valence-electron chi connectivity index (χ4n) is 2.34. The Kier molecular flexibility index (Phi) is 4.33. The summed E-state index contributed by atoms with van der Waals surface area (Å²) in [5, 5.41) is 2.66. The Balaban J connectivity index is 1.84. The molecule has 122 valence electrons. The lowest BCUT2D eigenvalue weighted by Crippen LogP contribution is -2.36. The van der Waals surface area contributed by atoms with Crippen molar-refractivity contribution in [3.63, 3.8) is 0 Å². The molecule has 1 fully saturated rings. The summed E-state index contributed by atoms with van der Waals surface area (Å²) in [4.78, 5) is 10.3. The Morgan fingerprint density at radius 1 is 1.09 bits per heavy atom. The van der Waals surface area contributed by atoms with Crippen LogP contribution in [0, 0.1) is 0 Å². The van der Waals surface area contributed by atoms with Gasteiger partial charge in [0.05, 0.1) is 24.5 Å². The molecule has 3 rings (SSSR count). The first-order valence-corrected chi connectivity index (χ1v) is 7.13. The number of hydrogen-bond acceptors (Lipinski definition) is 5. The van der Waals surface area contributed by atoms with Crippen molar-refractivity contribution in [3.05, 3.63) is 42.1 Å². The van der Waals surface area contributed by atoms with Gasteiger partial charge in [0.1, 0.15) is 5.82 Å². The predicted octanol–water partition coefficient (Wildman–Crippen LogP) is 3.08. The van der Waals surface area contributed by atoms with E-state index in [2.05, 4.69) is 15.3 Å². The molecule has 1 aromatic heterocycles. The Hall–Kier alpha value is -2.35. The van der Waals surface area contributed by atoms with Gasteiger partial charge in [-0.05, 0) is 18.2 Å². The lowest BCUT2D eigenvalue weighted by Gasteiger charge is -2.27. The van der Waals surface area contributed by atoms with Gasteiger partial charge in [-0.1, -0.05) is 12.1 Å². The Bertz CT molecular complexity index is 672. The van der Waals surface area contributed by atoms with Crippen molar-refractivity contribution in [2.75, 3.05) is 36.5 Å². The van der Waals surface area contributed by atoms with Gasteiger partial charge < -0.3 is 15.0 Å². The van der Waals surface area contributed by atoms with Crippen molar-refractivity contribution in [1.29, 1.82) is 0 Å². The summed E-state index contributed by atoms with van der Waals surface area (Å²) in [6.45, 7) is 2.58. The van der Waals surface area contributed by atoms with Crippen LogP contribution in [0.1, 0.15) is 5.56 Å². The molecule has 0 saturated carbocycles. The fourth-order valence-corrected chi connectivity index (χ4v) is 2.34. The number of aromatic nitrogens is 2. The van der Waals surface area contributed by atoms with Crippen molar-refractivity contribution >= 4 is 17.5 Å². The van der Waals surface area contributed by atoms with Crippen LogP contribution < -0.4 is 10.2 Å². The molecule has 0 radical (unpaired) electrons.